The molecule has 0 saturated carbocycles. The molecule has 0 fully saturated rings. The fourth-order valence-electron chi connectivity index (χ4n) is 3.30. The summed E-state index contributed by atoms with van der Waals surface area (Å²) >= 11 is 1.38. The van der Waals surface area contributed by atoms with Crippen molar-refractivity contribution < 1.29 is 23.4 Å². The van der Waals surface area contributed by atoms with Gasteiger partial charge >= 0.3 is 0 Å². The molecule has 0 unspecified atom stereocenters. The number of rotatable bonds is 7. The SMILES string of the molecule is CNC(=O)c1sccc1-c1cccc2nc(Nc3cc(OC)c(OC)c(OC)c3)oc12. The Morgan fingerprint density at radius 3 is 2.42 bits per heavy atom. The quantitative estimate of drug-likeness (QED) is 0.431. The largest absolute Gasteiger partial charge is 0.493 e. The number of para-hydroxylation sites is 1. The van der Waals surface area contributed by atoms with Gasteiger partial charge in [0.2, 0.25) is 5.75 Å². The lowest BCUT2D eigenvalue weighted by atomic mass is 10.1. The predicted molar refractivity (Wildman–Crippen MR) is 120 cm³/mol. The van der Waals surface area contributed by atoms with Crippen LogP contribution in [-0.4, -0.2) is 39.3 Å². The summed E-state index contributed by atoms with van der Waals surface area (Å²) in [5.41, 5.74) is 3.50. The van der Waals surface area contributed by atoms with Crippen LogP contribution in [0.25, 0.3) is 22.2 Å². The highest BCUT2D eigenvalue weighted by molar-refractivity contribution is 7.12. The minimum absolute atomic E-state index is 0.141. The summed E-state index contributed by atoms with van der Waals surface area (Å²) in [7, 11) is 6.27. The molecule has 8 nitrogen and oxygen atoms in total. The normalized spacial score (nSPS) is 10.7. The van der Waals surface area contributed by atoms with Crippen LogP contribution in [0, 0.1) is 0 Å². The number of hydrogen-bond donors (Lipinski definition) is 2. The number of nitrogens with one attached hydrogen (secondary N) is 2. The summed E-state index contributed by atoms with van der Waals surface area (Å²) < 4.78 is 22.2. The molecule has 4 rings (SSSR count). The molecule has 1 amide bonds. The summed E-state index contributed by atoms with van der Waals surface area (Å²) in [6.07, 6.45) is 0. The average molecular weight is 439 g/mol. The van der Waals surface area contributed by atoms with Gasteiger partial charge in [-0.1, -0.05) is 12.1 Å². The van der Waals surface area contributed by atoms with Crippen molar-refractivity contribution >= 4 is 40.0 Å². The highest BCUT2D eigenvalue weighted by Gasteiger charge is 2.19. The Hall–Kier alpha value is -3.72. The second-order valence-electron chi connectivity index (χ2n) is 6.45. The van der Waals surface area contributed by atoms with E-state index in [1.165, 1.54) is 11.3 Å². The zero-order chi connectivity index (χ0) is 22.0. The van der Waals surface area contributed by atoms with Crippen molar-refractivity contribution in [2.75, 3.05) is 33.7 Å². The van der Waals surface area contributed by atoms with Crippen LogP contribution >= 0.6 is 11.3 Å². The van der Waals surface area contributed by atoms with E-state index in [-0.39, 0.29) is 5.91 Å². The van der Waals surface area contributed by atoms with Gasteiger partial charge in [0.05, 0.1) is 26.2 Å². The monoisotopic (exact) mass is 439 g/mol. The van der Waals surface area contributed by atoms with E-state index in [0.717, 1.165) is 11.1 Å². The Morgan fingerprint density at radius 1 is 1.03 bits per heavy atom. The Balaban J connectivity index is 1.75. The summed E-state index contributed by atoms with van der Waals surface area (Å²) in [6, 6.07) is 11.4. The third-order valence-corrected chi connectivity index (χ3v) is 5.63. The second kappa shape index (κ2) is 8.57. The van der Waals surface area contributed by atoms with E-state index < -0.39 is 0 Å². The maximum absolute atomic E-state index is 12.2. The Labute approximate surface area is 182 Å². The molecule has 160 valence electrons. The van der Waals surface area contributed by atoms with Crippen molar-refractivity contribution in [3.8, 4) is 28.4 Å². The Bertz CT molecular complexity index is 1220. The number of oxazole rings is 1. The number of anilines is 2. The van der Waals surface area contributed by atoms with Gasteiger partial charge < -0.3 is 29.3 Å². The molecular weight excluding hydrogens is 418 g/mol. The molecule has 0 aliphatic carbocycles. The summed E-state index contributed by atoms with van der Waals surface area (Å²) in [5.74, 6) is 1.37. The van der Waals surface area contributed by atoms with Gasteiger partial charge in [-0.25, -0.2) is 0 Å². The highest BCUT2D eigenvalue weighted by Crippen LogP contribution is 2.41. The average Bonchev–Trinajstić information content (AvgIpc) is 3.44. The van der Waals surface area contributed by atoms with Crippen LogP contribution in [0.4, 0.5) is 11.7 Å². The Kier molecular flexibility index (Phi) is 5.68. The first-order chi connectivity index (χ1) is 15.1. The van der Waals surface area contributed by atoms with Crippen LogP contribution < -0.4 is 24.8 Å². The standard InChI is InChI=1S/C22H21N3O5S/c1-23-21(26)20-14(8-9-31-20)13-6-5-7-15-18(13)30-22(25-15)24-12-10-16(27-2)19(29-4)17(11-12)28-3/h5-11H,1-4H3,(H,23,26)(H,24,25). The molecule has 0 saturated heterocycles. The summed E-state index contributed by atoms with van der Waals surface area (Å²) in [5, 5.41) is 7.70. The van der Waals surface area contributed by atoms with E-state index in [1.54, 1.807) is 40.5 Å². The van der Waals surface area contributed by atoms with Gasteiger partial charge in [0.25, 0.3) is 11.9 Å². The lowest BCUT2D eigenvalue weighted by Gasteiger charge is -2.14. The third kappa shape index (κ3) is 3.75. The molecular formula is C22H21N3O5S. The van der Waals surface area contributed by atoms with E-state index in [1.807, 2.05) is 29.6 Å². The fourth-order valence-corrected chi connectivity index (χ4v) is 4.16. The number of fused-ring (bicyclic) bond motifs is 1. The molecule has 31 heavy (non-hydrogen) atoms. The van der Waals surface area contributed by atoms with Crippen molar-refractivity contribution in [3.63, 3.8) is 0 Å². The van der Waals surface area contributed by atoms with E-state index in [9.17, 15) is 4.79 Å². The molecule has 0 bridgehead atoms. The number of thiophene rings is 1. The van der Waals surface area contributed by atoms with Crippen LogP contribution in [0.1, 0.15) is 9.67 Å². The minimum atomic E-state index is -0.141. The molecule has 2 aromatic heterocycles. The molecule has 0 aliphatic rings. The lowest BCUT2D eigenvalue weighted by Crippen LogP contribution is -2.17. The van der Waals surface area contributed by atoms with Gasteiger partial charge in [0, 0.05) is 36.0 Å². The number of aromatic nitrogens is 1. The molecule has 4 aromatic rings. The minimum Gasteiger partial charge on any atom is -0.493 e. The highest BCUT2D eigenvalue weighted by atomic mass is 32.1. The maximum atomic E-state index is 12.2. The zero-order valence-corrected chi connectivity index (χ0v) is 18.3. The van der Waals surface area contributed by atoms with Gasteiger partial charge in [0.15, 0.2) is 17.1 Å². The second-order valence-corrected chi connectivity index (χ2v) is 7.37. The number of amides is 1. The van der Waals surface area contributed by atoms with Gasteiger partial charge in [-0.15, -0.1) is 11.3 Å². The van der Waals surface area contributed by atoms with E-state index in [2.05, 4.69) is 15.6 Å². The third-order valence-electron chi connectivity index (χ3n) is 4.72. The van der Waals surface area contributed by atoms with Gasteiger partial charge in [-0.2, -0.15) is 4.98 Å². The maximum Gasteiger partial charge on any atom is 0.300 e. The predicted octanol–water partition coefficient (Wildman–Crippen LogP) is 4.69. The smallest absolute Gasteiger partial charge is 0.300 e. The molecule has 0 spiro atoms. The topological polar surface area (TPSA) is 94.9 Å². The molecule has 0 atom stereocenters. The first-order valence-electron chi connectivity index (χ1n) is 9.36. The van der Waals surface area contributed by atoms with Crippen molar-refractivity contribution in [1.29, 1.82) is 0 Å². The number of benzene rings is 2. The van der Waals surface area contributed by atoms with Crippen molar-refractivity contribution in [2.24, 2.45) is 0 Å². The van der Waals surface area contributed by atoms with Crippen molar-refractivity contribution in [1.82, 2.24) is 10.3 Å². The fraction of sp³-hybridized carbons (Fsp3) is 0.182. The number of nitrogens with zero attached hydrogens (tertiary/aromatic N) is 1. The summed E-state index contributed by atoms with van der Waals surface area (Å²) in [6.45, 7) is 0. The number of carbonyl (C=O) groups is 1. The lowest BCUT2D eigenvalue weighted by molar-refractivity contribution is 0.0967. The zero-order valence-electron chi connectivity index (χ0n) is 17.4. The first-order valence-corrected chi connectivity index (χ1v) is 10.2. The number of hydrogen-bond acceptors (Lipinski definition) is 8. The first kappa shape index (κ1) is 20.5. The van der Waals surface area contributed by atoms with Crippen LogP contribution in [-0.2, 0) is 0 Å². The van der Waals surface area contributed by atoms with Gasteiger partial charge in [0.1, 0.15) is 5.52 Å². The molecule has 9 heteroatoms. The van der Waals surface area contributed by atoms with Crippen LogP contribution in [0.2, 0.25) is 0 Å². The Morgan fingerprint density at radius 2 is 1.77 bits per heavy atom. The molecule has 0 radical (unpaired) electrons. The van der Waals surface area contributed by atoms with Crippen LogP contribution in [0.5, 0.6) is 17.2 Å². The van der Waals surface area contributed by atoms with Crippen molar-refractivity contribution in [3.05, 3.63) is 46.7 Å². The summed E-state index contributed by atoms with van der Waals surface area (Å²) in [4.78, 5) is 17.4. The number of methoxy groups -OCH3 is 3. The molecule has 2 aromatic carbocycles. The van der Waals surface area contributed by atoms with Crippen LogP contribution in [0.3, 0.4) is 0 Å². The van der Waals surface area contributed by atoms with Gasteiger partial charge in [-0.3, -0.25) is 4.79 Å². The number of carbonyl (C=O) groups excluding carboxylic acids is 1. The van der Waals surface area contributed by atoms with E-state index >= 15 is 0 Å². The van der Waals surface area contributed by atoms with Crippen molar-refractivity contribution in [2.45, 2.75) is 0 Å². The molecule has 2 N–H and O–H groups in total. The number of ether oxygens (including phenoxy) is 3. The molecule has 0 aliphatic heterocycles. The van der Waals surface area contributed by atoms with E-state index in [0.29, 0.717) is 44.9 Å². The molecule has 2 heterocycles. The van der Waals surface area contributed by atoms with Crippen LogP contribution in [0.15, 0.2) is 46.2 Å². The van der Waals surface area contributed by atoms with E-state index in [4.69, 9.17) is 18.6 Å². The van der Waals surface area contributed by atoms with Gasteiger partial charge in [-0.05, 0) is 17.5 Å².